The highest BCUT2D eigenvalue weighted by Crippen LogP contribution is 2.20. The van der Waals surface area contributed by atoms with E-state index in [1.165, 1.54) is 41.4 Å². The standard InChI is InChI=1S/C16H21ClIN3/c17-7-6-16-19-14-12-13(18)4-5-15(14)21(16)11-10-20-8-2-1-3-9-20/h4-5,12H,1-3,6-11H2. The molecule has 2 aromatic rings. The van der Waals surface area contributed by atoms with Crippen molar-refractivity contribution >= 4 is 45.2 Å². The molecule has 0 radical (unpaired) electrons. The Bertz CT molecular complexity index is 605. The van der Waals surface area contributed by atoms with Gasteiger partial charge < -0.3 is 9.47 Å². The number of imidazole rings is 1. The third-order valence-electron chi connectivity index (χ3n) is 4.20. The maximum absolute atomic E-state index is 5.95. The third kappa shape index (κ3) is 3.71. The van der Waals surface area contributed by atoms with Crippen LogP contribution in [0.4, 0.5) is 0 Å². The summed E-state index contributed by atoms with van der Waals surface area (Å²) in [7, 11) is 0. The Labute approximate surface area is 144 Å². The van der Waals surface area contributed by atoms with Gasteiger partial charge in [0.15, 0.2) is 0 Å². The van der Waals surface area contributed by atoms with E-state index >= 15 is 0 Å². The number of aryl methyl sites for hydroxylation is 1. The Balaban J connectivity index is 1.82. The van der Waals surface area contributed by atoms with Crippen LogP contribution in [0.5, 0.6) is 0 Å². The first-order chi connectivity index (χ1) is 10.3. The molecule has 1 saturated heterocycles. The van der Waals surface area contributed by atoms with Gasteiger partial charge >= 0.3 is 0 Å². The Morgan fingerprint density at radius 3 is 2.71 bits per heavy atom. The van der Waals surface area contributed by atoms with Gasteiger partial charge in [0.2, 0.25) is 0 Å². The van der Waals surface area contributed by atoms with Gasteiger partial charge in [-0.25, -0.2) is 4.98 Å². The molecule has 21 heavy (non-hydrogen) atoms. The summed E-state index contributed by atoms with van der Waals surface area (Å²) in [6, 6.07) is 6.51. The van der Waals surface area contributed by atoms with Crippen LogP contribution in [-0.4, -0.2) is 40.0 Å². The molecule has 0 amide bonds. The molecule has 0 N–H and O–H groups in total. The van der Waals surface area contributed by atoms with Crippen molar-refractivity contribution in [1.29, 1.82) is 0 Å². The molecule has 0 unspecified atom stereocenters. The molecular weight excluding hydrogens is 397 g/mol. The van der Waals surface area contributed by atoms with Crippen LogP contribution in [0.25, 0.3) is 11.0 Å². The fourth-order valence-corrected chi connectivity index (χ4v) is 3.75. The number of likely N-dealkylation sites (tertiary alicyclic amines) is 1. The molecule has 2 heterocycles. The quantitative estimate of drug-likeness (QED) is 0.543. The van der Waals surface area contributed by atoms with Crippen molar-refractivity contribution in [3.63, 3.8) is 0 Å². The van der Waals surface area contributed by atoms with Crippen molar-refractivity contribution in [2.24, 2.45) is 0 Å². The third-order valence-corrected chi connectivity index (χ3v) is 5.06. The van der Waals surface area contributed by atoms with Crippen molar-refractivity contribution in [1.82, 2.24) is 14.5 Å². The molecule has 1 aliphatic heterocycles. The van der Waals surface area contributed by atoms with Crippen LogP contribution in [0.15, 0.2) is 18.2 Å². The lowest BCUT2D eigenvalue weighted by Crippen LogP contribution is -2.32. The van der Waals surface area contributed by atoms with E-state index in [0.29, 0.717) is 5.88 Å². The SMILES string of the molecule is ClCCc1nc2cc(I)ccc2n1CCN1CCCCC1. The summed E-state index contributed by atoms with van der Waals surface area (Å²) >= 11 is 8.29. The van der Waals surface area contributed by atoms with Gasteiger partial charge in [-0.15, -0.1) is 11.6 Å². The Morgan fingerprint density at radius 1 is 1.14 bits per heavy atom. The van der Waals surface area contributed by atoms with Crippen LogP contribution >= 0.6 is 34.2 Å². The Hall–Kier alpha value is -0.330. The smallest absolute Gasteiger partial charge is 0.111 e. The van der Waals surface area contributed by atoms with E-state index in [4.69, 9.17) is 16.6 Å². The number of rotatable bonds is 5. The van der Waals surface area contributed by atoms with Gasteiger partial charge in [-0.1, -0.05) is 6.42 Å². The second kappa shape index (κ2) is 7.29. The van der Waals surface area contributed by atoms with Crippen molar-refractivity contribution in [3.8, 4) is 0 Å². The number of nitrogens with zero attached hydrogens (tertiary/aromatic N) is 3. The van der Waals surface area contributed by atoms with E-state index < -0.39 is 0 Å². The summed E-state index contributed by atoms with van der Waals surface area (Å²) in [6.07, 6.45) is 4.92. The highest BCUT2D eigenvalue weighted by Gasteiger charge is 2.14. The Kier molecular flexibility index (Phi) is 5.40. The van der Waals surface area contributed by atoms with E-state index in [1.807, 2.05) is 0 Å². The lowest BCUT2D eigenvalue weighted by molar-refractivity contribution is 0.221. The molecule has 1 fully saturated rings. The average molecular weight is 418 g/mol. The zero-order valence-corrected chi connectivity index (χ0v) is 15.1. The average Bonchev–Trinajstić information content (AvgIpc) is 2.83. The van der Waals surface area contributed by atoms with Gasteiger partial charge in [0.25, 0.3) is 0 Å². The molecule has 1 aliphatic rings. The summed E-state index contributed by atoms with van der Waals surface area (Å²) in [4.78, 5) is 7.36. The van der Waals surface area contributed by atoms with Crippen LogP contribution in [0, 0.1) is 3.57 Å². The predicted octanol–water partition coefficient (Wildman–Crippen LogP) is 3.91. The van der Waals surface area contributed by atoms with E-state index in [1.54, 1.807) is 0 Å². The molecule has 1 aromatic carbocycles. The molecule has 0 saturated carbocycles. The minimum Gasteiger partial charge on any atom is -0.327 e. The molecule has 0 bridgehead atoms. The molecule has 0 spiro atoms. The van der Waals surface area contributed by atoms with Crippen LogP contribution in [-0.2, 0) is 13.0 Å². The molecule has 5 heteroatoms. The van der Waals surface area contributed by atoms with Crippen LogP contribution in [0.3, 0.4) is 0 Å². The van der Waals surface area contributed by atoms with Gasteiger partial charge in [0, 0.05) is 29.0 Å². The zero-order valence-electron chi connectivity index (χ0n) is 12.2. The van der Waals surface area contributed by atoms with E-state index in [2.05, 4.69) is 50.3 Å². The number of halogens is 2. The molecule has 0 aliphatic carbocycles. The van der Waals surface area contributed by atoms with Crippen LogP contribution in [0.2, 0.25) is 0 Å². The molecule has 1 aromatic heterocycles. The maximum Gasteiger partial charge on any atom is 0.111 e. The lowest BCUT2D eigenvalue weighted by atomic mass is 10.1. The normalized spacial score (nSPS) is 16.7. The highest BCUT2D eigenvalue weighted by atomic mass is 127. The molecule has 0 atom stereocenters. The Morgan fingerprint density at radius 2 is 1.95 bits per heavy atom. The summed E-state index contributed by atoms with van der Waals surface area (Å²) in [5, 5.41) is 0. The fourth-order valence-electron chi connectivity index (χ4n) is 3.10. The van der Waals surface area contributed by atoms with Crippen molar-refractivity contribution in [2.75, 3.05) is 25.5 Å². The van der Waals surface area contributed by atoms with Gasteiger partial charge in [-0.05, 0) is 66.7 Å². The van der Waals surface area contributed by atoms with Crippen LogP contribution in [0.1, 0.15) is 25.1 Å². The summed E-state index contributed by atoms with van der Waals surface area (Å²) in [5.74, 6) is 1.75. The highest BCUT2D eigenvalue weighted by molar-refractivity contribution is 14.1. The van der Waals surface area contributed by atoms with Gasteiger partial charge in [-0.2, -0.15) is 0 Å². The van der Waals surface area contributed by atoms with E-state index in [-0.39, 0.29) is 0 Å². The van der Waals surface area contributed by atoms with E-state index in [0.717, 1.165) is 30.9 Å². The molecule has 3 nitrogen and oxygen atoms in total. The predicted molar refractivity (Wildman–Crippen MR) is 97.2 cm³/mol. The summed E-state index contributed by atoms with van der Waals surface area (Å²) < 4.78 is 3.60. The minimum absolute atomic E-state index is 0.629. The number of alkyl halides is 1. The number of hydrogen-bond donors (Lipinski definition) is 0. The number of fused-ring (bicyclic) bond motifs is 1. The first-order valence-electron chi connectivity index (χ1n) is 7.71. The topological polar surface area (TPSA) is 21.1 Å². The zero-order chi connectivity index (χ0) is 14.7. The summed E-state index contributed by atoms with van der Waals surface area (Å²) in [5.41, 5.74) is 2.34. The molecule has 3 rings (SSSR count). The van der Waals surface area contributed by atoms with Crippen LogP contribution < -0.4 is 0 Å². The van der Waals surface area contributed by atoms with Crippen molar-refractivity contribution in [2.45, 2.75) is 32.2 Å². The van der Waals surface area contributed by atoms with Gasteiger partial charge in [0.05, 0.1) is 11.0 Å². The fraction of sp³-hybridized carbons (Fsp3) is 0.562. The summed E-state index contributed by atoms with van der Waals surface area (Å²) in [6.45, 7) is 4.63. The second-order valence-corrected chi connectivity index (χ2v) is 7.28. The van der Waals surface area contributed by atoms with Gasteiger partial charge in [0.1, 0.15) is 5.82 Å². The number of benzene rings is 1. The second-order valence-electron chi connectivity index (χ2n) is 5.65. The number of piperidine rings is 1. The minimum atomic E-state index is 0.629. The first kappa shape index (κ1) is 15.6. The lowest BCUT2D eigenvalue weighted by Gasteiger charge is -2.26. The first-order valence-corrected chi connectivity index (χ1v) is 9.32. The number of hydrogen-bond acceptors (Lipinski definition) is 2. The largest absolute Gasteiger partial charge is 0.327 e. The van der Waals surface area contributed by atoms with Crippen molar-refractivity contribution in [3.05, 3.63) is 27.6 Å². The van der Waals surface area contributed by atoms with Gasteiger partial charge in [-0.3, -0.25) is 0 Å². The maximum atomic E-state index is 5.95. The van der Waals surface area contributed by atoms with E-state index in [9.17, 15) is 0 Å². The number of aromatic nitrogens is 2. The monoisotopic (exact) mass is 417 g/mol. The molecule has 114 valence electrons. The molecular formula is C16H21ClIN3. The van der Waals surface area contributed by atoms with Crippen molar-refractivity contribution < 1.29 is 0 Å².